The van der Waals surface area contributed by atoms with E-state index in [9.17, 15) is 17.2 Å². The molecule has 4 nitrogen and oxygen atoms in total. The third kappa shape index (κ3) is 3.53. The van der Waals surface area contributed by atoms with Gasteiger partial charge < -0.3 is 5.11 Å². The second-order valence-corrected chi connectivity index (χ2v) is 6.78. The molecular formula is C13H17F2NO3S. The van der Waals surface area contributed by atoms with Crippen LogP contribution in [0.4, 0.5) is 8.78 Å². The Morgan fingerprint density at radius 1 is 1.20 bits per heavy atom. The lowest BCUT2D eigenvalue weighted by Crippen LogP contribution is -2.38. The van der Waals surface area contributed by atoms with Gasteiger partial charge in [0.2, 0.25) is 10.0 Å². The highest BCUT2D eigenvalue weighted by molar-refractivity contribution is 7.89. The van der Waals surface area contributed by atoms with Crippen molar-refractivity contribution in [3.05, 3.63) is 29.8 Å². The summed E-state index contributed by atoms with van der Waals surface area (Å²) in [4.78, 5) is -0.539. The minimum atomic E-state index is -3.99. The van der Waals surface area contributed by atoms with Crippen molar-refractivity contribution in [1.29, 1.82) is 0 Å². The fourth-order valence-corrected chi connectivity index (χ4v) is 3.80. The molecule has 0 saturated heterocycles. The van der Waals surface area contributed by atoms with E-state index >= 15 is 0 Å². The summed E-state index contributed by atoms with van der Waals surface area (Å²) in [5, 5.41) is 9.03. The standard InChI is InChI=1S/C13H17F2NO3S/c14-10-3-6-13(12(15)7-10)20(18,19)16-11-4-1-9(8-17)2-5-11/h3,6-7,9,11,16-17H,1-2,4-5,8H2. The van der Waals surface area contributed by atoms with Crippen LogP contribution >= 0.6 is 0 Å². The first kappa shape index (κ1) is 15.3. The van der Waals surface area contributed by atoms with Gasteiger partial charge in [0.1, 0.15) is 16.5 Å². The van der Waals surface area contributed by atoms with Crippen molar-refractivity contribution in [2.45, 2.75) is 36.6 Å². The van der Waals surface area contributed by atoms with Crippen molar-refractivity contribution in [3.8, 4) is 0 Å². The summed E-state index contributed by atoms with van der Waals surface area (Å²) in [5.74, 6) is -1.70. The quantitative estimate of drug-likeness (QED) is 0.891. The van der Waals surface area contributed by atoms with Gasteiger partial charge in [-0.25, -0.2) is 21.9 Å². The molecule has 0 aromatic heterocycles. The third-order valence-electron chi connectivity index (χ3n) is 3.61. The smallest absolute Gasteiger partial charge is 0.243 e. The van der Waals surface area contributed by atoms with E-state index in [0.29, 0.717) is 18.9 Å². The first-order chi connectivity index (χ1) is 9.42. The fraction of sp³-hybridized carbons (Fsp3) is 0.538. The van der Waals surface area contributed by atoms with Gasteiger partial charge in [-0.05, 0) is 43.7 Å². The van der Waals surface area contributed by atoms with E-state index in [1.165, 1.54) is 0 Å². The number of sulfonamides is 1. The number of benzene rings is 1. The molecule has 2 N–H and O–H groups in total. The highest BCUT2D eigenvalue weighted by Gasteiger charge is 2.27. The molecule has 1 fully saturated rings. The summed E-state index contributed by atoms with van der Waals surface area (Å²) < 4.78 is 52.9. The molecule has 0 unspecified atom stereocenters. The topological polar surface area (TPSA) is 66.4 Å². The summed E-state index contributed by atoms with van der Waals surface area (Å²) in [6.07, 6.45) is 2.67. The number of hydrogen-bond acceptors (Lipinski definition) is 3. The van der Waals surface area contributed by atoms with Crippen molar-refractivity contribution in [2.75, 3.05) is 6.61 Å². The first-order valence-electron chi connectivity index (χ1n) is 6.50. The average molecular weight is 305 g/mol. The zero-order valence-corrected chi connectivity index (χ0v) is 11.7. The van der Waals surface area contributed by atoms with Gasteiger partial charge in [0, 0.05) is 18.7 Å². The summed E-state index contributed by atoms with van der Waals surface area (Å²) in [7, 11) is -3.99. The number of aliphatic hydroxyl groups excluding tert-OH is 1. The van der Waals surface area contributed by atoms with Crippen LogP contribution in [-0.2, 0) is 10.0 Å². The Labute approximate surface area is 116 Å². The van der Waals surface area contributed by atoms with E-state index in [0.717, 1.165) is 25.0 Å². The van der Waals surface area contributed by atoms with Crippen LogP contribution in [0.15, 0.2) is 23.1 Å². The minimum Gasteiger partial charge on any atom is -0.396 e. The fourth-order valence-electron chi connectivity index (χ4n) is 2.44. The normalized spacial score (nSPS) is 23.8. The molecule has 0 aliphatic heterocycles. The summed E-state index contributed by atoms with van der Waals surface area (Å²) in [6.45, 7) is 0.103. The van der Waals surface area contributed by atoms with Crippen LogP contribution in [0.2, 0.25) is 0 Å². The SMILES string of the molecule is O=S(=O)(NC1CCC(CO)CC1)c1ccc(F)cc1F. The molecule has 0 atom stereocenters. The molecule has 7 heteroatoms. The monoisotopic (exact) mass is 305 g/mol. The molecule has 0 spiro atoms. The van der Waals surface area contributed by atoms with E-state index < -0.39 is 26.6 Å². The minimum absolute atomic E-state index is 0.103. The highest BCUT2D eigenvalue weighted by Crippen LogP contribution is 2.25. The molecular weight excluding hydrogens is 288 g/mol. The van der Waals surface area contributed by atoms with Crippen LogP contribution in [0.1, 0.15) is 25.7 Å². The van der Waals surface area contributed by atoms with Crippen LogP contribution < -0.4 is 4.72 Å². The first-order valence-corrected chi connectivity index (χ1v) is 7.99. The number of halogens is 2. The van der Waals surface area contributed by atoms with Gasteiger partial charge in [-0.1, -0.05) is 0 Å². The maximum absolute atomic E-state index is 13.5. The van der Waals surface area contributed by atoms with E-state index in [2.05, 4.69) is 4.72 Å². The second kappa shape index (κ2) is 6.15. The largest absolute Gasteiger partial charge is 0.396 e. The van der Waals surface area contributed by atoms with Gasteiger partial charge >= 0.3 is 0 Å². The molecule has 0 heterocycles. The highest BCUT2D eigenvalue weighted by atomic mass is 32.2. The van der Waals surface area contributed by atoms with E-state index in [-0.39, 0.29) is 18.6 Å². The lowest BCUT2D eigenvalue weighted by atomic mass is 9.87. The van der Waals surface area contributed by atoms with Crippen molar-refractivity contribution in [1.82, 2.24) is 4.72 Å². The Morgan fingerprint density at radius 2 is 1.85 bits per heavy atom. The Morgan fingerprint density at radius 3 is 2.40 bits per heavy atom. The Kier molecular flexibility index (Phi) is 4.72. The van der Waals surface area contributed by atoms with Crippen LogP contribution in [0.5, 0.6) is 0 Å². The molecule has 2 rings (SSSR count). The van der Waals surface area contributed by atoms with Gasteiger partial charge in [-0.3, -0.25) is 0 Å². The molecule has 1 aromatic rings. The van der Waals surface area contributed by atoms with Crippen LogP contribution in [0.25, 0.3) is 0 Å². The molecule has 112 valence electrons. The zero-order valence-electron chi connectivity index (χ0n) is 10.9. The van der Waals surface area contributed by atoms with E-state index in [1.54, 1.807) is 0 Å². The van der Waals surface area contributed by atoms with Crippen molar-refractivity contribution < 1.29 is 22.3 Å². The summed E-state index contributed by atoms with van der Waals surface area (Å²) >= 11 is 0. The third-order valence-corrected chi connectivity index (χ3v) is 5.16. The summed E-state index contributed by atoms with van der Waals surface area (Å²) in [5.41, 5.74) is 0. The zero-order chi connectivity index (χ0) is 14.8. The molecule has 0 radical (unpaired) electrons. The molecule has 0 amide bonds. The lowest BCUT2D eigenvalue weighted by Gasteiger charge is -2.27. The van der Waals surface area contributed by atoms with Crippen LogP contribution in [0.3, 0.4) is 0 Å². The van der Waals surface area contributed by atoms with Gasteiger partial charge in [0.05, 0.1) is 0 Å². The van der Waals surface area contributed by atoms with E-state index in [4.69, 9.17) is 5.11 Å². The molecule has 1 aliphatic carbocycles. The lowest BCUT2D eigenvalue weighted by molar-refractivity contribution is 0.180. The number of nitrogens with one attached hydrogen (secondary N) is 1. The Balaban J connectivity index is 2.08. The van der Waals surface area contributed by atoms with Crippen molar-refractivity contribution >= 4 is 10.0 Å². The molecule has 1 saturated carbocycles. The molecule has 1 aromatic carbocycles. The van der Waals surface area contributed by atoms with Gasteiger partial charge in [0.15, 0.2) is 0 Å². The van der Waals surface area contributed by atoms with Gasteiger partial charge in [0.25, 0.3) is 0 Å². The second-order valence-electron chi connectivity index (χ2n) is 5.10. The Hall–Kier alpha value is -1.05. The predicted molar refractivity (Wildman–Crippen MR) is 69.5 cm³/mol. The molecule has 0 bridgehead atoms. The van der Waals surface area contributed by atoms with Crippen LogP contribution in [0, 0.1) is 17.6 Å². The number of hydrogen-bond donors (Lipinski definition) is 2. The van der Waals surface area contributed by atoms with Crippen molar-refractivity contribution in [3.63, 3.8) is 0 Å². The molecule has 20 heavy (non-hydrogen) atoms. The van der Waals surface area contributed by atoms with Crippen LogP contribution in [-0.4, -0.2) is 26.2 Å². The van der Waals surface area contributed by atoms with Gasteiger partial charge in [-0.15, -0.1) is 0 Å². The molecule has 1 aliphatic rings. The predicted octanol–water partition coefficient (Wildman–Crippen LogP) is 1.79. The maximum Gasteiger partial charge on any atom is 0.243 e. The van der Waals surface area contributed by atoms with E-state index in [1.807, 2.05) is 0 Å². The summed E-state index contributed by atoms with van der Waals surface area (Å²) in [6, 6.07) is 2.12. The Bertz CT molecular complexity index is 569. The maximum atomic E-state index is 13.5. The average Bonchev–Trinajstić information content (AvgIpc) is 2.38. The van der Waals surface area contributed by atoms with Crippen molar-refractivity contribution in [2.24, 2.45) is 5.92 Å². The van der Waals surface area contributed by atoms with Gasteiger partial charge in [-0.2, -0.15) is 0 Å². The number of aliphatic hydroxyl groups is 1. The number of rotatable bonds is 4.